The van der Waals surface area contributed by atoms with Crippen LogP contribution < -0.4 is 5.73 Å². The van der Waals surface area contributed by atoms with Crippen LogP contribution in [0.3, 0.4) is 0 Å². The van der Waals surface area contributed by atoms with Gasteiger partial charge in [0.25, 0.3) is 0 Å². The van der Waals surface area contributed by atoms with Crippen molar-refractivity contribution in [2.75, 3.05) is 13.1 Å². The van der Waals surface area contributed by atoms with Crippen LogP contribution in [0, 0.1) is 11.8 Å². The summed E-state index contributed by atoms with van der Waals surface area (Å²) >= 11 is 0. The van der Waals surface area contributed by atoms with E-state index in [1.807, 2.05) is 6.07 Å². The van der Waals surface area contributed by atoms with Gasteiger partial charge in [-0.1, -0.05) is 43.2 Å². The summed E-state index contributed by atoms with van der Waals surface area (Å²) < 4.78 is 0. The van der Waals surface area contributed by atoms with Crippen LogP contribution in [0.25, 0.3) is 0 Å². The Balaban J connectivity index is 1.59. The molecule has 1 heterocycles. The Hall–Kier alpha value is -1.35. The maximum atomic E-state index is 13.4. The van der Waals surface area contributed by atoms with E-state index in [9.17, 15) is 4.79 Å². The lowest BCUT2D eigenvalue weighted by atomic mass is 9.77. The highest BCUT2D eigenvalue weighted by molar-refractivity contribution is 5.89. The number of likely N-dealkylation sites (tertiary alicyclic amines) is 1. The highest BCUT2D eigenvalue weighted by Crippen LogP contribution is 2.45. The third kappa shape index (κ3) is 2.26. The maximum absolute atomic E-state index is 13.4. The molecule has 1 amide bonds. The van der Waals surface area contributed by atoms with Crippen LogP contribution >= 0.6 is 0 Å². The molecule has 1 aliphatic heterocycles. The molecule has 1 saturated heterocycles. The average molecular weight is 298 g/mol. The Morgan fingerprint density at radius 1 is 1.09 bits per heavy atom. The summed E-state index contributed by atoms with van der Waals surface area (Å²) in [7, 11) is 0. The van der Waals surface area contributed by atoms with Crippen LogP contribution in [0.2, 0.25) is 0 Å². The standard InChI is InChI=1S/C19H26N2O/c20-17-13-21(12-16(17)14-8-9-14)18(22)19(10-4-5-11-19)15-6-2-1-3-7-15/h1-3,6-7,14,16-17H,4-5,8-13,20H2/t16-,17+/m0/s1. The Labute approximate surface area is 132 Å². The molecule has 0 spiro atoms. The molecular weight excluding hydrogens is 272 g/mol. The first-order chi connectivity index (χ1) is 10.7. The number of benzene rings is 1. The molecule has 3 aliphatic rings. The number of rotatable bonds is 3. The fourth-order valence-corrected chi connectivity index (χ4v) is 4.71. The monoisotopic (exact) mass is 298 g/mol. The van der Waals surface area contributed by atoms with Crippen LogP contribution in [0.5, 0.6) is 0 Å². The Kier molecular flexibility index (Phi) is 3.48. The van der Waals surface area contributed by atoms with Crippen molar-refractivity contribution < 1.29 is 4.79 Å². The second-order valence-corrected chi connectivity index (χ2v) is 7.53. The molecule has 1 aromatic carbocycles. The quantitative estimate of drug-likeness (QED) is 0.932. The summed E-state index contributed by atoms with van der Waals surface area (Å²) in [4.78, 5) is 15.5. The molecule has 118 valence electrons. The van der Waals surface area contributed by atoms with E-state index in [0.717, 1.165) is 44.7 Å². The molecule has 0 unspecified atom stereocenters. The highest BCUT2D eigenvalue weighted by atomic mass is 16.2. The molecule has 3 nitrogen and oxygen atoms in total. The van der Waals surface area contributed by atoms with Crippen molar-refractivity contribution in [3.8, 4) is 0 Å². The third-order valence-corrected chi connectivity index (χ3v) is 6.12. The van der Waals surface area contributed by atoms with Crippen LogP contribution in [0.4, 0.5) is 0 Å². The minimum Gasteiger partial charge on any atom is -0.340 e. The van der Waals surface area contributed by atoms with E-state index in [-0.39, 0.29) is 11.5 Å². The first-order valence-electron chi connectivity index (χ1n) is 8.81. The first kappa shape index (κ1) is 14.3. The molecule has 22 heavy (non-hydrogen) atoms. The third-order valence-electron chi connectivity index (χ3n) is 6.12. The number of hydrogen-bond acceptors (Lipinski definition) is 2. The summed E-state index contributed by atoms with van der Waals surface area (Å²) in [5.41, 5.74) is 7.27. The zero-order valence-electron chi connectivity index (χ0n) is 13.2. The van der Waals surface area contributed by atoms with E-state index >= 15 is 0 Å². The maximum Gasteiger partial charge on any atom is 0.233 e. The summed E-state index contributed by atoms with van der Waals surface area (Å²) in [6.07, 6.45) is 6.93. The SMILES string of the molecule is N[C@@H]1CN(C(=O)C2(c3ccccc3)CCCC2)C[C@H]1C1CC1. The molecule has 0 radical (unpaired) electrons. The summed E-state index contributed by atoms with van der Waals surface area (Å²) in [6.45, 7) is 1.65. The van der Waals surface area contributed by atoms with Gasteiger partial charge in [-0.05, 0) is 43.1 Å². The number of amides is 1. The lowest BCUT2D eigenvalue weighted by molar-refractivity contribution is -0.136. The predicted octanol–water partition coefficient (Wildman–Crippen LogP) is 2.69. The summed E-state index contributed by atoms with van der Waals surface area (Å²) in [5, 5.41) is 0. The molecule has 0 bridgehead atoms. The molecule has 3 heteroatoms. The average Bonchev–Trinajstić information content (AvgIpc) is 3.13. The smallest absolute Gasteiger partial charge is 0.233 e. The normalized spacial score (nSPS) is 30.7. The number of carbonyl (C=O) groups excluding carboxylic acids is 1. The second kappa shape index (κ2) is 5.38. The van der Waals surface area contributed by atoms with Gasteiger partial charge in [-0.15, -0.1) is 0 Å². The van der Waals surface area contributed by atoms with Crippen molar-refractivity contribution in [1.29, 1.82) is 0 Å². The number of hydrogen-bond donors (Lipinski definition) is 1. The van der Waals surface area contributed by atoms with Gasteiger partial charge in [0.15, 0.2) is 0 Å². The van der Waals surface area contributed by atoms with Crippen molar-refractivity contribution in [3.05, 3.63) is 35.9 Å². The molecule has 2 saturated carbocycles. The van der Waals surface area contributed by atoms with Gasteiger partial charge >= 0.3 is 0 Å². The van der Waals surface area contributed by atoms with Crippen molar-refractivity contribution in [3.63, 3.8) is 0 Å². The van der Waals surface area contributed by atoms with Crippen molar-refractivity contribution in [1.82, 2.24) is 4.90 Å². The number of nitrogens with two attached hydrogens (primary N) is 1. The van der Waals surface area contributed by atoms with Crippen LogP contribution in [0.15, 0.2) is 30.3 Å². The minimum atomic E-state index is -0.278. The van der Waals surface area contributed by atoms with Crippen molar-refractivity contribution in [2.24, 2.45) is 17.6 Å². The molecule has 2 aliphatic carbocycles. The van der Waals surface area contributed by atoms with Gasteiger partial charge < -0.3 is 10.6 Å². The van der Waals surface area contributed by atoms with Gasteiger partial charge in [-0.25, -0.2) is 0 Å². The fourth-order valence-electron chi connectivity index (χ4n) is 4.71. The van der Waals surface area contributed by atoms with Crippen molar-refractivity contribution in [2.45, 2.75) is 50.0 Å². The lowest BCUT2D eigenvalue weighted by Gasteiger charge is -2.33. The van der Waals surface area contributed by atoms with Crippen LogP contribution in [0.1, 0.15) is 44.1 Å². The van der Waals surface area contributed by atoms with Crippen molar-refractivity contribution >= 4 is 5.91 Å². The Morgan fingerprint density at radius 3 is 2.41 bits per heavy atom. The van der Waals surface area contributed by atoms with Crippen LogP contribution in [-0.4, -0.2) is 29.9 Å². The summed E-state index contributed by atoms with van der Waals surface area (Å²) in [6, 6.07) is 10.6. The number of carbonyl (C=O) groups is 1. The van der Waals surface area contributed by atoms with Gasteiger partial charge in [0, 0.05) is 19.1 Å². The van der Waals surface area contributed by atoms with Crippen LogP contribution in [-0.2, 0) is 10.2 Å². The Bertz CT molecular complexity index is 546. The zero-order chi connectivity index (χ0) is 15.2. The van der Waals surface area contributed by atoms with Gasteiger partial charge in [0.05, 0.1) is 5.41 Å². The van der Waals surface area contributed by atoms with E-state index < -0.39 is 0 Å². The van der Waals surface area contributed by atoms with Gasteiger partial charge in [-0.3, -0.25) is 4.79 Å². The van der Waals surface area contributed by atoms with Gasteiger partial charge in [0.1, 0.15) is 0 Å². The fraction of sp³-hybridized carbons (Fsp3) is 0.632. The zero-order valence-corrected chi connectivity index (χ0v) is 13.2. The molecule has 4 rings (SSSR count). The first-order valence-corrected chi connectivity index (χ1v) is 8.81. The lowest BCUT2D eigenvalue weighted by Crippen LogP contribution is -2.45. The van der Waals surface area contributed by atoms with E-state index in [1.54, 1.807) is 0 Å². The largest absolute Gasteiger partial charge is 0.340 e. The van der Waals surface area contributed by atoms with E-state index in [2.05, 4.69) is 29.2 Å². The predicted molar refractivity (Wildman–Crippen MR) is 87.4 cm³/mol. The summed E-state index contributed by atoms with van der Waals surface area (Å²) in [5.74, 6) is 1.66. The molecular formula is C19H26N2O. The topological polar surface area (TPSA) is 46.3 Å². The van der Waals surface area contributed by atoms with E-state index in [4.69, 9.17) is 5.73 Å². The molecule has 2 atom stereocenters. The van der Waals surface area contributed by atoms with Gasteiger partial charge in [0.2, 0.25) is 5.91 Å². The molecule has 0 aromatic heterocycles. The highest BCUT2D eigenvalue weighted by Gasteiger charge is 2.49. The number of nitrogens with zero attached hydrogens (tertiary/aromatic N) is 1. The second-order valence-electron chi connectivity index (χ2n) is 7.53. The minimum absolute atomic E-state index is 0.186. The molecule has 3 fully saturated rings. The molecule has 2 N–H and O–H groups in total. The van der Waals surface area contributed by atoms with Gasteiger partial charge in [-0.2, -0.15) is 0 Å². The molecule has 1 aromatic rings. The van der Waals surface area contributed by atoms with E-state index in [0.29, 0.717) is 11.8 Å². The van der Waals surface area contributed by atoms with E-state index in [1.165, 1.54) is 18.4 Å². The Morgan fingerprint density at radius 2 is 1.77 bits per heavy atom.